The van der Waals surface area contributed by atoms with Gasteiger partial charge in [-0.25, -0.2) is 4.79 Å². The van der Waals surface area contributed by atoms with Gasteiger partial charge in [-0.2, -0.15) is 0 Å². The maximum atomic E-state index is 11.9. The number of amides is 1. The second kappa shape index (κ2) is 9.77. The Morgan fingerprint density at radius 1 is 1.21 bits per heavy atom. The molecule has 3 rings (SSSR count). The Morgan fingerprint density at radius 3 is 2.64 bits per heavy atom. The first kappa shape index (κ1) is 20.4. The zero-order valence-electron chi connectivity index (χ0n) is 15.0. The zero-order chi connectivity index (χ0) is 19.9. The molecule has 2 aromatic rings. The van der Waals surface area contributed by atoms with Crippen LogP contribution in [0.4, 0.5) is 0 Å². The van der Waals surface area contributed by atoms with Gasteiger partial charge < -0.3 is 14.8 Å². The van der Waals surface area contributed by atoms with Crippen LogP contribution in [0.2, 0.25) is 0 Å². The van der Waals surface area contributed by atoms with Crippen LogP contribution >= 0.6 is 35.7 Å². The first-order valence-corrected chi connectivity index (χ1v) is 10.5. The van der Waals surface area contributed by atoms with Crippen LogP contribution in [-0.2, 0) is 14.3 Å². The molecule has 5 nitrogen and oxygen atoms in total. The molecule has 0 radical (unpaired) electrons. The number of esters is 1. The number of thiocarbonyl (C=S) groups is 1. The molecule has 1 fully saturated rings. The van der Waals surface area contributed by atoms with E-state index >= 15 is 0 Å². The lowest BCUT2D eigenvalue weighted by molar-refractivity contribution is -0.145. The largest absolute Gasteiger partial charge is 0.482 e. The minimum absolute atomic E-state index is 0.113. The van der Waals surface area contributed by atoms with Crippen molar-refractivity contribution < 1.29 is 19.1 Å². The number of hydrogen-bond acceptors (Lipinski definition) is 7. The van der Waals surface area contributed by atoms with E-state index in [0.29, 0.717) is 21.6 Å². The average molecular weight is 432 g/mol. The summed E-state index contributed by atoms with van der Waals surface area (Å²) in [6.45, 7) is 1.97. The smallest absolute Gasteiger partial charge is 0.344 e. The average Bonchev–Trinajstić information content (AvgIpc) is 3.00. The van der Waals surface area contributed by atoms with E-state index in [4.69, 9.17) is 21.7 Å². The monoisotopic (exact) mass is 431 g/mol. The fourth-order valence-corrected chi connectivity index (χ4v) is 4.28. The molecule has 8 heteroatoms. The van der Waals surface area contributed by atoms with E-state index in [1.807, 2.05) is 42.5 Å². The Bertz CT molecular complexity index is 925. The molecule has 0 bridgehead atoms. The minimum atomic E-state index is -0.392. The van der Waals surface area contributed by atoms with Gasteiger partial charge >= 0.3 is 5.97 Å². The Kier molecular flexibility index (Phi) is 7.13. The third kappa shape index (κ3) is 5.60. The van der Waals surface area contributed by atoms with Crippen LogP contribution in [0.1, 0.15) is 12.5 Å². The summed E-state index contributed by atoms with van der Waals surface area (Å²) < 4.78 is 10.7. The van der Waals surface area contributed by atoms with Gasteiger partial charge in [-0.1, -0.05) is 53.9 Å². The Morgan fingerprint density at radius 2 is 1.96 bits per heavy atom. The van der Waals surface area contributed by atoms with Gasteiger partial charge in [0.2, 0.25) is 0 Å². The molecule has 0 aliphatic carbocycles. The second-order valence-electron chi connectivity index (χ2n) is 5.56. The van der Waals surface area contributed by atoms with Crippen LogP contribution in [-0.4, -0.2) is 29.4 Å². The molecule has 0 spiro atoms. The second-order valence-corrected chi connectivity index (χ2v) is 8.39. The fraction of sp³-hybridized carbons (Fsp3) is 0.150. The van der Waals surface area contributed by atoms with Gasteiger partial charge in [0.25, 0.3) is 5.91 Å². The number of nitrogens with one attached hydrogen (secondary N) is 1. The molecule has 0 atom stereocenters. The van der Waals surface area contributed by atoms with Gasteiger partial charge in [0.15, 0.2) is 6.61 Å². The van der Waals surface area contributed by atoms with Crippen LogP contribution in [0.25, 0.3) is 6.08 Å². The van der Waals surface area contributed by atoms with E-state index in [-0.39, 0.29) is 12.5 Å². The summed E-state index contributed by atoms with van der Waals surface area (Å²) in [4.78, 5) is 25.9. The normalized spacial score (nSPS) is 14.8. The minimum Gasteiger partial charge on any atom is -0.482 e. The van der Waals surface area contributed by atoms with Crippen molar-refractivity contribution in [1.29, 1.82) is 0 Å². The van der Waals surface area contributed by atoms with Crippen LogP contribution in [0.3, 0.4) is 0 Å². The van der Waals surface area contributed by atoms with E-state index in [0.717, 1.165) is 15.4 Å². The Balaban J connectivity index is 1.69. The topological polar surface area (TPSA) is 64.6 Å². The number of hydrogen-bond donors (Lipinski definition) is 1. The number of carbonyl (C=O) groups is 2. The molecular weight excluding hydrogens is 414 g/mol. The van der Waals surface area contributed by atoms with Crippen LogP contribution in [0.5, 0.6) is 5.75 Å². The fourth-order valence-electron chi connectivity index (χ4n) is 2.33. The molecule has 1 saturated heterocycles. The molecule has 1 aliphatic heterocycles. The molecule has 144 valence electrons. The van der Waals surface area contributed by atoms with Gasteiger partial charge in [-0.15, -0.1) is 0 Å². The van der Waals surface area contributed by atoms with Crippen LogP contribution < -0.4 is 10.1 Å². The standard InChI is InChI=1S/C20H17NO4S3/c1-2-24-18(22)12-25-14-7-9-15(10-8-14)27-16-6-4-3-5-13(16)11-17-19(23)21-20(26)28-17/h3-11H,2,12H2,1H3,(H,21,23,26). The van der Waals surface area contributed by atoms with E-state index in [1.54, 1.807) is 30.8 Å². The zero-order valence-corrected chi connectivity index (χ0v) is 17.4. The molecular formula is C20H17NO4S3. The summed E-state index contributed by atoms with van der Waals surface area (Å²) in [6, 6.07) is 15.3. The molecule has 1 N–H and O–H groups in total. The quantitative estimate of drug-likeness (QED) is 0.399. The highest BCUT2D eigenvalue weighted by Crippen LogP contribution is 2.34. The lowest BCUT2D eigenvalue weighted by Gasteiger charge is -2.08. The summed E-state index contributed by atoms with van der Waals surface area (Å²) in [5, 5.41) is 2.62. The first-order valence-electron chi connectivity index (χ1n) is 8.45. The van der Waals surface area contributed by atoms with Gasteiger partial charge in [0.05, 0.1) is 11.5 Å². The number of rotatable bonds is 7. The van der Waals surface area contributed by atoms with E-state index < -0.39 is 5.97 Å². The van der Waals surface area contributed by atoms with Gasteiger partial charge in [0.1, 0.15) is 10.1 Å². The predicted molar refractivity (Wildman–Crippen MR) is 115 cm³/mol. The Labute approximate surface area is 176 Å². The van der Waals surface area contributed by atoms with Crippen molar-refractivity contribution in [2.75, 3.05) is 13.2 Å². The van der Waals surface area contributed by atoms with E-state index in [9.17, 15) is 9.59 Å². The summed E-state index contributed by atoms with van der Waals surface area (Å²) in [5.74, 6) is 0.0365. The van der Waals surface area contributed by atoms with Crippen LogP contribution in [0.15, 0.2) is 63.2 Å². The highest BCUT2D eigenvalue weighted by Gasteiger charge is 2.22. The number of carbonyl (C=O) groups excluding carboxylic acids is 2. The van der Waals surface area contributed by atoms with Gasteiger partial charge in [-0.3, -0.25) is 4.79 Å². The third-order valence-electron chi connectivity index (χ3n) is 3.56. The number of thioether (sulfide) groups is 1. The SMILES string of the molecule is CCOC(=O)COc1ccc(Sc2ccccc2C=C2SC(=S)NC2=O)cc1. The lowest BCUT2D eigenvalue weighted by Crippen LogP contribution is -2.17. The van der Waals surface area contributed by atoms with E-state index in [1.165, 1.54) is 11.8 Å². The molecule has 1 heterocycles. The van der Waals surface area contributed by atoms with Crippen molar-refractivity contribution in [3.63, 3.8) is 0 Å². The maximum Gasteiger partial charge on any atom is 0.344 e. The van der Waals surface area contributed by atoms with E-state index in [2.05, 4.69) is 5.32 Å². The molecule has 1 aliphatic rings. The molecule has 28 heavy (non-hydrogen) atoms. The molecule has 0 unspecified atom stereocenters. The van der Waals surface area contributed by atoms with Gasteiger partial charge in [-0.05, 0) is 48.9 Å². The molecule has 2 aromatic carbocycles. The van der Waals surface area contributed by atoms with Crippen molar-refractivity contribution >= 4 is 58.0 Å². The molecule has 0 saturated carbocycles. The third-order valence-corrected chi connectivity index (χ3v) is 5.82. The first-order chi connectivity index (χ1) is 13.5. The Hall–Kier alpha value is -2.29. The predicted octanol–water partition coefficient (Wildman–Crippen LogP) is 4.27. The van der Waals surface area contributed by atoms with Crippen molar-refractivity contribution in [2.45, 2.75) is 16.7 Å². The summed E-state index contributed by atoms with van der Waals surface area (Å²) in [6.07, 6.45) is 1.85. The highest BCUT2D eigenvalue weighted by molar-refractivity contribution is 8.26. The summed E-state index contributed by atoms with van der Waals surface area (Å²) >= 11 is 7.88. The molecule has 1 amide bonds. The number of ether oxygens (including phenoxy) is 2. The van der Waals surface area contributed by atoms with Crippen molar-refractivity contribution in [2.24, 2.45) is 0 Å². The van der Waals surface area contributed by atoms with Gasteiger partial charge in [0, 0.05) is 9.79 Å². The lowest BCUT2D eigenvalue weighted by atomic mass is 10.2. The van der Waals surface area contributed by atoms with Crippen LogP contribution in [0, 0.1) is 0 Å². The maximum absolute atomic E-state index is 11.9. The highest BCUT2D eigenvalue weighted by atomic mass is 32.2. The summed E-state index contributed by atoms with van der Waals surface area (Å²) in [7, 11) is 0. The number of benzene rings is 2. The van der Waals surface area contributed by atoms with Crippen molar-refractivity contribution in [1.82, 2.24) is 5.32 Å². The van der Waals surface area contributed by atoms with Crippen molar-refractivity contribution in [3.05, 3.63) is 59.0 Å². The molecule has 0 aromatic heterocycles. The van der Waals surface area contributed by atoms with Crippen molar-refractivity contribution in [3.8, 4) is 5.75 Å². The summed E-state index contributed by atoms with van der Waals surface area (Å²) in [5.41, 5.74) is 0.942.